The minimum atomic E-state index is -1.17. The predicted octanol–water partition coefficient (Wildman–Crippen LogP) is 8.37. The second-order valence-corrected chi connectivity index (χ2v) is 13.4. The molecule has 0 aliphatic rings. The highest BCUT2D eigenvalue weighted by atomic mass is 16.4. The van der Waals surface area contributed by atoms with Gasteiger partial charge in [-0.3, -0.25) is 0 Å². The monoisotopic (exact) mass is 742 g/mol. The average Bonchev–Trinajstić information content (AvgIpc) is 3.15. The maximum Gasteiger partial charge on any atom is 0.337 e. The van der Waals surface area contributed by atoms with E-state index in [9.17, 15) is 39.6 Å². The van der Waals surface area contributed by atoms with E-state index in [1.54, 1.807) is 48.5 Å². The number of hydrogen-bond acceptors (Lipinski definition) is 8. The summed E-state index contributed by atoms with van der Waals surface area (Å²) in [6.45, 7) is 0. The number of aromatic carboxylic acids is 4. The minimum Gasteiger partial charge on any atom is -0.478 e. The highest BCUT2D eigenvalue weighted by Crippen LogP contribution is 2.49. The molecule has 8 rings (SSSR count). The molecule has 12 nitrogen and oxygen atoms in total. The summed E-state index contributed by atoms with van der Waals surface area (Å²) in [5.74, 6) is -4.69. The van der Waals surface area contributed by atoms with Crippen LogP contribution in [0.25, 0.3) is 76.8 Å². The average molecular weight is 743 g/mol. The third kappa shape index (κ3) is 5.48. The molecular formula is C44H30N4O8. The summed E-state index contributed by atoms with van der Waals surface area (Å²) in [5.41, 5.74) is 30.4. The molecule has 0 amide bonds. The van der Waals surface area contributed by atoms with Gasteiger partial charge in [-0.15, -0.1) is 0 Å². The molecule has 0 unspecified atom stereocenters. The Labute approximate surface area is 316 Å². The van der Waals surface area contributed by atoms with E-state index in [0.29, 0.717) is 44.5 Å². The van der Waals surface area contributed by atoms with Crippen LogP contribution in [0.15, 0.2) is 109 Å². The van der Waals surface area contributed by atoms with Gasteiger partial charge in [0.25, 0.3) is 0 Å². The van der Waals surface area contributed by atoms with Gasteiger partial charge in [0.2, 0.25) is 0 Å². The topological polar surface area (TPSA) is 253 Å². The van der Waals surface area contributed by atoms with Crippen LogP contribution in [0.3, 0.4) is 0 Å². The maximum atomic E-state index is 11.9. The number of hydrogen-bond donors (Lipinski definition) is 8. The van der Waals surface area contributed by atoms with E-state index < -0.39 is 23.9 Å². The number of benzene rings is 8. The molecule has 0 atom stereocenters. The summed E-state index contributed by atoms with van der Waals surface area (Å²) in [4.78, 5) is 47.6. The molecule has 0 saturated carbocycles. The van der Waals surface area contributed by atoms with Gasteiger partial charge in [-0.05, 0) is 137 Å². The molecule has 0 heterocycles. The van der Waals surface area contributed by atoms with Crippen LogP contribution in [0.4, 0.5) is 22.7 Å². The third-order valence-corrected chi connectivity index (χ3v) is 10.3. The number of carboxylic acid groups (broad SMARTS) is 4. The van der Waals surface area contributed by atoms with Gasteiger partial charge in [0.05, 0.1) is 22.3 Å². The number of nitrogens with two attached hydrogens (primary N) is 4. The summed E-state index contributed by atoms with van der Waals surface area (Å²) in [6.07, 6.45) is 0. The zero-order chi connectivity index (χ0) is 39.7. The molecule has 12 heteroatoms. The van der Waals surface area contributed by atoms with E-state index in [-0.39, 0.29) is 45.0 Å². The number of anilines is 4. The molecule has 274 valence electrons. The van der Waals surface area contributed by atoms with E-state index in [4.69, 9.17) is 22.9 Å². The van der Waals surface area contributed by atoms with Crippen LogP contribution >= 0.6 is 0 Å². The first-order valence-electron chi connectivity index (χ1n) is 17.0. The molecule has 0 saturated heterocycles. The molecular weight excluding hydrogens is 713 g/mol. The highest BCUT2D eigenvalue weighted by molar-refractivity contribution is 6.32. The SMILES string of the molecule is Nc1cc(-c2cc(-c3ccc(C(=O)O)c(N)c3)c3ccc4c(-c5ccc(C(=O)O)c(N)c5)cc(-c5ccc(C(=O)O)c(N)c5)c5ccc2c3c54)ccc1C(=O)O. The molecule has 0 radical (unpaired) electrons. The summed E-state index contributed by atoms with van der Waals surface area (Å²) in [6, 6.07) is 30.5. The first-order chi connectivity index (χ1) is 26.7. The maximum absolute atomic E-state index is 11.9. The van der Waals surface area contributed by atoms with E-state index >= 15 is 0 Å². The number of rotatable bonds is 8. The van der Waals surface area contributed by atoms with Gasteiger partial charge in [-0.25, -0.2) is 19.2 Å². The Hall–Kier alpha value is -8.12. The molecule has 0 fully saturated rings. The fraction of sp³-hybridized carbons (Fsp3) is 0. The van der Waals surface area contributed by atoms with Gasteiger partial charge in [-0.2, -0.15) is 0 Å². The van der Waals surface area contributed by atoms with Gasteiger partial charge >= 0.3 is 23.9 Å². The third-order valence-electron chi connectivity index (χ3n) is 10.3. The summed E-state index contributed by atoms with van der Waals surface area (Å²) < 4.78 is 0. The van der Waals surface area contributed by atoms with E-state index in [1.165, 1.54) is 24.3 Å². The molecule has 0 aliphatic heterocycles. The van der Waals surface area contributed by atoms with Crippen LogP contribution < -0.4 is 22.9 Å². The predicted molar refractivity (Wildman–Crippen MR) is 217 cm³/mol. The van der Waals surface area contributed by atoms with Crippen LogP contribution in [0, 0.1) is 0 Å². The normalized spacial score (nSPS) is 11.4. The van der Waals surface area contributed by atoms with Gasteiger partial charge in [0, 0.05) is 22.7 Å². The molecule has 12 N–H and O–H groups in total. The molecule has 8 aromatic carbocycles. The first-order valence-corrected chi connectivity index (χ1v) is 17.0. The zero-order valence-electron chi connectivity index (χ0n) is 29.1. The molecule has 0 aromatic heterocycles. The van der Waals surface area contributed by atoms with Crippen molar-refractivity contribution in [3.63, 3.8) is 0 Å². The van der Waals surface area contributed by atoms with Crippen molar-refractivity contribution in [1.82, 2.24) is 0 Å². The molecule has 0 bridgehead atoms. The Morgan fingerprint density at radius 2 is 0.536 bits per heavy atom. The van der Waals surface area contributed by atoms with Crippen molar-refractivity contribution in [2.75, 3.05) is 22.9 Å². The van der Waals surface area contributed by atoms with Gasteiger partial charge in [-0.1, -0.05) is 48.5 Å². The molecule has 0 aliphatic carbocycles. The summed E-state index contributed by atoms with van der Waals surface area (Å²) in [5, 5.41) is 43.6. The lowest BCUT2D eigenvalue weighted by Gasteiger charge is -2.22. The van der Waals surface area contributed by atoms with Crippen LogP contribution in [0.1, 0.15) is 41.4 Å². The Kier molecular flexibility index (Phi) is 7.97. The largest absolute Gasteiger partial charge is 0.478 e. The Balaban J connectivity index is 1.54. The van der Waals surface area contributed by atoms with Crippen LogP contribution in [-0.2, 0) is 0 Å². The van der Waals surface area contributed by atoms with Crippen molar-refractivity contribution in [2.45, 2.75) is 0 Å². The first kappa shape index (κ1) is 34.9. The Morgan fingerprint density at radius 1 is 0.321 bits per heavy atom. The standard InChI is InChI=1S/C44H30N4O8/c45-35-13-19(1-5-27(35)41(49)50)31-17-32(20-2-6-28(42(51)52)36(46)14-20)24-11-12-26-34(22-4-8-30(44(55)56)38(48)16-22)18-33(25-10-9-23(31)39(24)40(25)26)21-3-7-29(43(53)54)37(47)15-21/h1-18H,45-48H2,(H,49,50)(H,51,52)(H,53,54)(H,55,56). The second kappa shape index (κ2) is 12.8. The molecule has 8 aromatic rings. The minimum absolute atomic E-state index is 0.0561. The fourth-order valence-electron chi connectivity index (χ4n) is 7.65. The zero-order valence-corrected chi connectivity index (χ0v) is 29.1. The van der Waals surface area contributed by atoms with Crippen LogP contribution in [0.2, 0.25) is 0 Å². The van der Waals surface area contributed by atoms with Gasteiger partial charge in [0.1, 0.15) is 0 Å². The number of nitrogen functional groups attached to an aromatic ring is 4. The number of carboxylic acids is 4. The summed E-state index contributed by atoms with van der Waals surface area (Å²) in [7, 11) is 0. The van der Waals surface area contributed by atoms with Crippen molar-refractivity contribution in [3.05, 3.63) is 131 Å². The lowest BCUT2D eigenvalue weighted by Crippen LogP contribution is -2.03. The van der Waals surface area contributed by atoms with Crippen LogP contribution in [-0.4, -0.2) is 44.3 Å². The van der Waals surface area contributed by atoms with Gasteiger partial charge < -0.3 is 43.4 Å². The smallest absolute Gasteiger partial charge is 0.337 e. The van der Waals surface area contributed by atoms with E-state index in [1.807, 2.05) is 36.4 Å². The van der Waals surface area contributed by atoms with E-state index in [0.717, 1.165) is 32.3 Å². The Morgan fingerprint density at radius 3 is 0.714 bits per heavy atom. The lowest BCUT2D eigenvalue weighted by molar-refractivity contribution is 0.0687. The van der Waals surface area contributed by atoms with Crippen molar-refractivity contribution in [2.24, 2.45) is 0 Å². The van der Waals surface area contributed by atoms with Crippen molar-refractivity contribution in [3.8, 4) is 44.5 Å². The van der Waals surface area contributed by atoms with Crippen LogP contribution in [0.5, 0.6) is 0 Å². The number of carbonyl (C=O) groups is 4. The lowest BCUT2D eigenvalue weighted by atomic mass is 9.81. The van der Waals surface area contributed by atoms with Gasteiger partial charge in [0.15, 0.2) is 0 Å². The summed E-state index contributed by atoms with van der Waals surface area (Å²) >= 11 is 0. The molecule has 56 heavy (non-hydrogen) atoms. The van der Waals surface area contributed by atoms with Crippen molar-refractivity contribution >= 4 is 78.9 Å². The Bertz CT molecular complexity index is 2650. The molecule has 0 spiro atoms. The van der Waals surface area contributed by atoms with Crippen molar-refractivity contribution in [1.29, 1.82) is 0 Å². The van der Waals surface area contributed by atoms with E-state index in [2.05, 4.69) is 0 Å². The fourth-order valence-corrected chi connectivity index (χ4v) is 7.65. The second-order valence-electron chi connectivity index (χ2n) is 13.4. The quantitative estimate of drug-likeness (QED) is 0.0540. The highest BCUT2D eigenvalue weighted by Gasteiger charge is 2.23. The van der Waals surface area contributed by atoms with Crippen molar-refractivity contribution < 1.29 is 39.6 Å².